The highest BCUT2D eigenvalue weighted by Crippen LogP contribution is 2.17. The zero-order chi connectivity index (χ0) is 29.5. The summed E-state index contributed by atoms with van der Waals surface area (Å²) < 4.78 is 0. The number of hydrogen-bond acceptors (Lipinski definition) is 6. The number of unbranched alkanes of at least 4 members (excludes halogenated alkanes) is 4. The number of carbonyl (C=O) groups is 5. The number of nitrogens with one attached hydrogen (secondary N) is 5. The summed E-state index contributed by atoms with van der Waals surface area (Å²) in [6, 6.07) is 4.00. The van der Waals surface area contributed by atoms with E-state index < -0.39 is 66.4 Å². The lowest BCUT2D eigenvalue weighted by Gasteiger charge is -2.28. The van der Waals surface area contributed by atoms with Crippen molar-refractivity contribution in [3.8, 4) is 0 Å². The molecule has 0 bridgehead atoms. The number of aliphatic hydroxyl groups excluding tert-OH is 1. The molecule has 0 radical (unpaired) electrons. The number of aliphatic hydroxyl groups is 1. The van der Waals surface area contributed by atoms with Crippen LogP contribution in [0.3, 0.4) is 0 Å². The van der Waals surface area contributed by atoms with Crippen molar-refractivity contribution in [1.29, 1.82) is 0 Å². The average molecular weight is 560 g/mol. The van der Waals surface area contributed by atoms with E-state index in [4.69, 9.17) is 0 Å². The van der Waals surface area contributed by atoms with Gasteiger partial charge in [0.05, 0.1) is 19.1 Å². The van der Waals surface area contributed by atoms with Crippen LogP contribution in [0.2, 0.25) is 0 Å². The van der Waals surface area contributed by atoms with E-state index in [1.807, 2.05) is 0 Å². The third-order valence-electron chi connectivity index (χ3n) is 7.05. The van der Waals surface area contributed by atoms with Crippen LogP contribution in [0.15, 0.2) is 30.3 Å². The first-order chi connectivity index (χ1) is 19.2. The van der Waals surface area contributed by atoms with Crippen LogP contribution in [-0.2, 0) is 24.0 Å². The molecule has 0 aliphatic carbocycles. The van der Waals surface area contributed by atoms with E-state index in [9.17, 15) is 29.1 Å². The van der Waals surface area contributed by atoms with Gasteiger partial charge >= 0.3 is 0 Å². The number of rotatable bonds is 10. The maximum Gasteiger partial charge on any atom is 0.245 e. The van der Waals surface area contributed by atoms with E-state index >= 15 is 0 Å². The fraction of sp³-hybridized carbons (Fsp3) is 0.621. The highest BCUT2D eigenvalue weighted by atomic mass is 16.3. The summed E-state index contributed by atoms with van der Waals surface area (Å²) in [5.74, 6) is -2.80. The quantitative estimate of drug-likeness (QED) is 0.237. The molecule has 1 aliphatic heterocycles. The van der Waals surface area contributed by atoms with Crippen molar-refractivity contribution in [3.63, 3.8) is 0 Å². The molecule has 0 spiro atoms. The van der Waals surface area contributed by atoms with Crippen molar-refractivity contribution >= 4 is 29.5 Å². The molecule has 0 unspecified atom stereocenters. The van der Waals surface area contributed by atoms with E-state index in [-0.39, 0.29) is 19.3 Å². The minimum atomic E-state index is -1.29. The number of benzene rings is 1. The molecule has 1 saturated heterocycles. The third kappa shape index (κ3) is 10.3. The van der Waals surface area contributed by atoms with E-state index in [1.54, 1.807) is 44.2 Å². The van der Waals surface area contributed by atoms with Gasteiger partial charge < -0.3 is 31.7 Å². The average Bonchev–Trinajstić information content (AvgIpc) is 2.95. The Morgan fingerprint density at radius 2 is 1.18 bits per heavy atom. The first-order valence-electron chi connectivity index (χ1n) is 14.4. The molecule has 1 aromatic carbocycles. The minimum Gasteiger partial charge on any atom is -0.394 e. The SMILES string of the molecule is CCCCCCC[C@@H]1NC(=O)[C@H](CC)NC(=O)C[C@H](c2ccccc2)NC(=O)[C@H](CO)NC(=O)[C@H](CC)NC1=O. The summed E-state index contributed by atoms with van der Waals surface area (Å²) in [5.41, 5.74) is 0.648. The summed E-state index contributed by atoms with van der Waals surface area (Å²) >= 11 is 0. The highest BCUT2D eigenvalue weighted by molar-refractivity contribution is 5.96. The summed E-state index contributed by atoms with van der Waals surface area (Å²) in [6.07, 6.45) is 5.49. The molecule has 6 N–H and O–H groups in total. The van der Waals surface area contributed by atoms with Crippen LogP contribution in [0.4, 0.5) is 0 Å². The Morgan fingerprint density at radius 1 is 0.650 bits per heavy atom. The zero-order valence-corrected chi connectivity index (χ0v) is 23.8. The van der Waals surface area contributed by atoms with Gasteiger partial charge in [-0.25, -0.2) is 0 Å². The fourth-order valence-electron chi connectivity index (χ4n) is 4.59. The second-order valence-electron chi connectivity index (χ2n) is 10.2. The second kappa shape index (κ2) is 17.3. The van der Waals surface area contributed by atoms with Crippen LogP contribution in [0.25, 0.3) is 0 Å². The number of amides is 5. The van der Waals surface area contributed by atoms with Gasteiger partial charge in [-0.3, -0.25) is 24.0 Å². The van der Waals surface area contributed by atoms with Gasteiger partial charge in [0.2, 0.25) is 29.5 Å². The lowest BCUT2D eigenvalue weighted by atomic mass is 10.0. The Hall–Kier alpha value is -3.47. The molecule has 0 aromatic heterocycles. The lowest BCUT2D eigenvalue weighted by molar-refractivity contribution is -0.135. The predicted octanol–water partition coefficient (Wildman–Crippen LogP) is 1.36. The Balaban J connectivity index is 2.37. The molecular weight excluding hydrogens is 514 g/mol. The molecule has 11 heteroatoms. The van der Waals surface area contributed by atoms with Crippen LogP contribution in [0, 0.1) is 0 Å². The van der Waals surface area contributed by atoms with Crippen molar-refractivity contribution in [1.82, 2.24) is 26.6 Å². The Kier molecular flexibility index (Phi) is 14.1. The minimum absolute atomic E-state index is 0.176. The smallest absolute Gasteiger partial charge is 0.245 e. The summed E-state index contributed by atoms with van der Waals surface area (Å²) in [7, 11) is 0. The topological polar surface area (TPSA) is 166 Å². The fourth-order valence-corrected chi connectivity index (χ4v) is 4.59. The van der Waals surface area contributed by atoms with Gasteiger partial charge in [-0.1, -0.05) is 83.2 Å². The summed E-state index contributed by atoms with van der Waals surface area (Å²) in [5, 5.41) is 23.3. The largest absolute Gasteiger partial charge is 0.394 e. The van der Waals surface area contributed by atoms with Crippen LogP contribution >= 0.6 is 0 Å². The normalized spacial score (nSPS) is 25.3. The van der Waals surface area contributed by atoms with Gasteiger partial charge in [0, 0.05) is 0 Å². The maximum atomic E-state index is 13.2. The summed E-state index contributed by atoms with van der Waals surface area (Å²) in [6.45, 7) is 4.90. The van der Waals surface area contributed by atoms with Gasteiger partial charge in [-0.15, -0.1) is 0 Å². The van der Waals surface area contributed by atoms with E-state index in [0.717, 1.165) is 25.7 Å². The molecule has 222 valence electrons. The molecule has 0 saturated carbocycles. The van der Waals surface area contributed by atoms with Crippen LogP contribution < -0.4 is 26.6 Å². The van der Waals surface area contributed by atoms with E-state index in [1.165, 1.54) is 0 Å². The molecule has 5 amide bonds. The molecule has 1 aromatic rings. The zero-order valence-electron chi connectivity index (χ0n) is 23.8. The Morgan fingerprint density at radius 3 is 1.77 bits per heavy atom. The Labute approximate surface area is 236 Å². The maximum absolute atomic E-state index is 13.2. The van der Waals surface area contributed by atoms with Gasteiger partial charge in [0.15, 0.2) is 0 Å². The van der Waals surface area contributed by atoms with E-state index in [2.05, 4.69) is 33.5 Å². The number of carbonyl (C=O) groups excluding carboxylic acids is 5. The van der Waals surface area contributed by atoms with Gasteiger partial charge in [0.1, 0.15) is 24.2 Å². The molecule has 5 atom stereocenters. The van der Waals surface area contributed by atoms with Gasteiger partial charge in [-0.2, -0.15) is 0 Å². The number of hydrogen-bond donors (Lipinski definition) is 6. The monoisotopic (exact) mass is 559 g/mol. The van der Waals surface area contributed by atoms with Crippen molar-refractivity contribution in [2.45, 2.75) is 109 Å². The molecule has 2 rings (SSSR count). The highest BCUT2D eigenvalue weighted by Gasteiger charge is 2.32. The lowest BCUT2D eigenvalue weighted by Crippen LogP contribution is -2.59. The van der Waals surface area contributed by atoms with Gasteiger partial charge in [-0.05, 0) is 24.8 Å². The van der Waals surface area contributed by atoms with Crippen molar-refractivity contribution in [2.75, 3.05) is 6.61 Å². The Bertz CT molecular complexity index is 988. The molecule has 1 fully saturated rings. The van der Waals surface area contributed by atoms with Gasteiger partial charge in [0.25, 0.3) is 0 Å². The second-order valence-corrected chi connectivity index (χ2v) is 10.2. The molecule has 40 heavy (non-hydrogen) atoms. The standard InChI is InChI=1S/C29H45N5O6/c1-4-7-8-9-13-16-22-28(39)31-21(6-3)27(38)34-24(18-35)29(40)33-23(19-14-11-10-12-15-19)17-25(36)30-20(5-2)26(37)32-22/h10-12,14-15,20-24,35H,4-9,13,16-18H2,1-3H3,(H,30,36)(H,31,39)(H,32,37)(H,33,40)(H,34,38)/t20-,21-,22-,23+,24-/m0/s1. The molecular formula is C29H45N5O6. The van der Waals surface area contributed by atoms with Crippen molar-refractivity contribution in [2.24, 2.45) is 0 Å². The first-order valence-corrected chi connectivity index (χ1v) is 14.4. The van der Waals surface area contributed by atoms with Crippen molar-refractivity contribution < 1.29 is 29.1 Å². The van der Waals surface area contributed by atoms with Crippen LogP contribution in [0.5, 0.6) is 0 Å². The first kappa shape index (κ1) is 32.7. The van der Waals surface area contributed by atoms with Crippen LogP contribution in [-0.4, -0.2) is 65.4 Å². The van der Waals surface area contributed by atoms with E-state index in [0.29, 0.717) is 18.4 Å². The molecule has 11 nitrogen and oxygen atoms in total. The molecule has 1 aliphatic rings. The third-order valence-corrected chi connectivity index (χ3v) is 7.05. The van der Waals surface area contributed by atoms with Crippen molar-refractivity contribution in [3.05, 3.63) is 35.9 Å². The summed E-state index contributed by atoms with van der Waals surface area (Å²) in [4.78, 5) is 65.6. The van der Waals surface area contributed by atoms with Crippen LogP contribution in [0.1, 0.15) is 90.2 Å². The predicted molar refractivity (Wildman–Crippen MR) is 151 cm³/mol. The molecule has 1 heterocycles.